The number of likely N-dealkylation sites (tertiary alicyclic amines) is 1. The Hall–Kier alpha value is -2.37. The normalized spacial score (nSPS) is 38.4. The van der Waals surface area contributed by atoms with Crippen molar-refractivity contribution in [3.05, 3.63) is 35.1 Å². The molecule has 1 unspecified atom stereocenters. The summed E-state index contributed by atoms with van der Waals surface area (Å²) in [4.78, 5) is 39.7. The highest BCUT2D eigenvalue weighted by molar-refractivity contribution is 6.26. The highest BCUT2D eigenvalue weighted by Gasteiger charge is 2.58. The molecular weight excluding hydrogens is 418 g/mol. The van der Waals surface area contributed by atoms with Crippen LogP contribution in [0.25, 0.3) is 0 Å². The molecule has 1 amide bonds. The predicted molar refractivity (Wildman–Crippen MR) is 127 cm³/mol. The summed E-state index contributed by atoms with van der Waals surface area (Å²) in [5, 5.41) is 11.8. The number of Topliss-reactive ketones (excluding diaryl/α,β-unsaturated/α-hetero) is 1. The Bertz CT molecular complexity index is 931. The molecule has 6 heteroatoms. The van der Waals surface area contributed by atoms with Crippen molar-refractivity contribution in [3.63, 3.8) is 0 Å². The number of hydrogen-bond acceptors (Lipinski definition) is 5. The van der Waals surface area contributed by atoms with Gasteiger partial charge in [-0.15, -0.1) is 0 Å². The molecule has 0 radical (unpaired) electrons. The van der Waals surface area contributed by atoms with E-state index in [4.69, 9.17) is 4.74 Å². The number of methoxy groups -OCH3 is 1. The zero-order valence-electron chi connectivity index (χ0n) is 21.1. The summed E-state index contributed by atoms with van der Waals surface area (Å²) in [6.45, 7) is 10.6. The van der Waals surface area contributed by atoms with E-state index in [1.54, 1.807) is 7.05 Å². The smallest absolute Gasteiger partial charge is 0.305 e. The molecule has 0 aromatic rings. The molecule has 3 aliphatic rings. The summed E-state index contributed by atoms with van der Waals surface area (Å²) >= 11 is 0. The first kappa shape index (κ1) is 25.3. The third kappa shape index (κ3) is 4.06. The molecule has 182 valence electrons. The maximum absolute atomic E-state index is 13.4. The first-order valence-corrected chi connectivity index (χ1v) is 12.1. The average molecular weight is 458 g/mol. The minimum Gasteiger partial charge on any atom is -0.511 e. The molecule has 1 saturated heterocycles. The Morgan fingerprint density at radius 1 is 1.30 bits per heavy atom. The van der Waals surface area contributed by atoms with Crippen molar-refractivity contribution in [1.29, 1.82) is 0 Å². The van der Waals surface area contributed by atoms with Crippen molar-refractivity contribution in [2.75, 3.05) is 14.2 Å². The quantitative estimate of drug-likeness (QED) is 0.211. The highest BCUT2D eigenvalue weighted by Crippen LogP contribution is 2.62. The number of amides is 1. The van der Waals surface area contributed by atoms with Gasteiger partial charge < -0.3 is 14.7 Å². The van der Waals surface area contributed by atoms with E-state index in [0.717, 1.165) is 24.8 Å². The fourth-order valence-corrected chi connectivity index (χ4v) is 7.01. The topological polar surface area (TPSA) is 83.9 Å². The van der Waals surface area contributed by atoms with Crippen LogP contribution in [0.4, 0.5) is 0 Å². The molecule has 3 rings (SSSR count). The molecule has 2 fully saturated rings. The van der Waals surface area contributed by atoms with Gasteiger partial charge in [0.2, 0.25) is 0 Å². The second-order valence-electron chi connectivity index (χ2n) is 10.8. The van der Waals surface area contributed by atoms with Crippen LogP contribution in [-0.2, 0) is 19.1 Å². The molecule has 2 aliphatic carbocycles. The van der Waals surface area contributed by atoms with Crippen LogP contribution >= 0.6 is 0 Å². The maximum Gasteiger partial charge on any atom is 0.305 e. The number of fused-ring (bicyclic) bond motifs is 1. The van der Waals surface area contributed by atoms with Crippen LogP contribution in [0, 0.1) is 28.6 Å². The largest absolute Gasteiger partial charge is 0.511 e. The number of rotatable bonds is 5. The first-order chi connectivity index (χ1) is 15.4. The fraction of sp³-hybridized carbons (Fsp3) is 0.667. The van der Waals surface area contributed by atoms with Crippen LogP contribution in [-0.4, -0.2) is 47.9 Å². The minimum absolute atomic E-state index is 0.0392. The van der Waals surface area contributed by atoms with Crippen LogP contribution < -0.4 is 0 Å². The summed E-state index contributed by atoms with van der Waals surface area (Å²) in [6, 6.07) is -0.768. The Labute approximate surface area is 197 Å². The van der Waals surface area contributed by atoms with Gasteiger partial charge >= 0.3 is 5.97 Å². The maximum atomic E-state index is 13.4. The van der Waals surface area contributed by atoms with Crippen molar-refractivity contribution >= 4 is 17.7 Å². The van der Waals surface area contributed by atoms with Crippen LogP contribution in [0.3, 0.4) is 0 Å². The Balaban J connectivity index is 2.13. The number of ketones is 1. The van der Waals surface area contributed by atoms with Crippen LogP contribution in [0.15, 0.2) is 35.1 Å². The molecule has 1 heterocycles. The Morgan fingerprint density at radius 3 is 2.58 bits per heavy atom. The zero-order chi connectivity index (χ0) is 24.7. The van der Waals surface area contributed by atoms with E-state index in [2.05, 4.69) is 32.9 Å². The summed E-state index contributed by atoms with van der Waals surface area (Å²) in [7, 11) is 2.86. The lowest BCUT2D eigenvalue weighted by Crippen LogP contribution is -2.51. The van der Waals surface area contributed by atoms with Gasteiger partial charge in [0.25, 0.3) is 5.91 Å². The lowest BCUT2D eigenvalue weighted by Gasteiger charge is -2.57. The second kappa shape index (κ2) is 9.11. The number of carbonyl (C=O) groups excluding carboxylic acids is 3. The number of nitrogens with zero attached hydrogens (tertiary/aromatic N) is 1. The molecule has 0 aromatic heterocycles. The molecule has 1 N–H and O–H groups in total. The molecule has 6 atom stereocenters. The number of aliphatic hydroxyl groups excluding tert-OH is 1. The number of carbonyl (C=O) groups is 3. The summed E-state index contributed by atoms with van der Waals surface area (Å²) in [6.07, 6.45) is 9.64. The van der Waals surface area contributed by atoms with E-state index in [9.17, 15) is 19.5 Å². The highest BCUT2D eigenvalue weighted by atomic mass is 16.5. The standard InChI is InChI=1S/C27H39NO5/c1-8-9-18-17(3)15-26(4)14-16(2)10-12-20(26)27(18,5)24(31)22-23(30)19(28(6)25(22)32)11-13-21(29)33-7/h8-9,15-16,18-20,31H,10-14H2,1-7H3/b9-8+,24-22-/t16-,18+,19?,20-,26-,27-/m1/s1. The van der Waals surface area contributed by atoms with Crippen molar-refractivity contribution in [2.24, 2.45) is 28.6 Å². The van der Waals surface area contributed by atoms with Gasteiger partial charge in [0, 0.05) is 24.8 Å². The zero-order valence-corrected chi connectivity index (χ0v) is 21.1. The van der Waals surface area contributed by atoms with E-state index in [-0.39, 0.29) is 41.4 Å². The van der Waals surface area contributed by atoms with E-state index in [1.807, 2.05) is 19.9 Å². The number of aliphatic hydroxyl groups is 1. The van der Waals surface area contributed by atoms with Crippen LogP contribution in [0.5, 0.6) is 0 Å². The molecule has 0 bridgehead atoms. The van der Waals surface area contributed by atoms with Crippen LogP contribution in [0.1, 0.15) is 66.7 Å². The van der Waals surface area contributed by atoms with Gasteiger partial charge in [-0.25, -0.2) is 0 Å². The van der Waals surface area contributed by atoms with E-state index in [0.29, 0.717) is 5.92 Å². The molecule has 33 heavy (non-hydrogen) atoms. The number of esters is 1. The van der Waals surface area contributed by atoms with Gasteiger partial charge in [-0.3, -0.25) is 14.4 Å². The first-order valence-electron chi connectivity index (χ1n) is 12.1. The van der Waals surface area contributed by atoms with Gasteiger partial charge in [0.15, 0.2) is 5.78 Å². The fourth-order valence-electron chi connectivity index (χ4n) is 7.01. The van der Waals surface area contributed by atoms with Crippen molar-refractivity contribution in [3.8, 4) is 0 Å². The molecule has 0 aromatic carbocycles. The lowest BCUT2D eigenvalue weighted by molar-refractivity contribution is -0.141. The van der Waals surface area contributed by atoms with Gasteiger partial charge in [-0.2, -0.15) is 0 Å². The Kier molecular flexibility index (Phi) is 6.97. The van der Waals surface area contributed by atoms with Gasteiger partial charge in [0.1, 0.15) is 11.3 Å². The number of likely N-dealkylation sites (N-methyl/N-ethyl adjacent to an activating group) is 1. The molecule has 0 spiro atoms. The van der Waals surface area contributed by atoms with Gasteiger partial charge in [-0.1, -0.05) is 51.0 Å². The predicted octanol–water partition coefficient (Wildman–Crippen LogP) is 4.76. The van der Waals surface area contributed by atoms with Crippen molar-refractivity contribution in [2.45, 2.75) is 72.8 Å². The third-order valence-electron chi connectivity index (χ3n) is 8.48. The number of allylic oxidation sites excluding steroid dienone is 5. The number of hydrogen-bond donors (Lipinski definition) is 1. The summed E-state index contributed by atoms with van der Waals surface area (Å²) < 4.78 is 4.70. The minimum atomic E-state index is -0.779. The molecular formula is C27H39NO5. The third-order valence-corrected chi connectivity index (χ3v) is 8.48. The summed E-state index contributed by atoms with van der Waals surface area (Å²) in [5.41, 5.74) is 0.146. The second-order valence-corrected chi connectivity index (χ2v) is 10.8. The Morgan fingerprint density at radius 2 is 1.97 bits per heavy atom. The number of ether oxygens (including phenoxy) is 1. The van der Waals surface area contributed by atoms with Crippen molar-refractivity contribution in [1.82, 2.24) is 4.90 Å². The lowest BCUT2D eigenvalue weighted by atomic mass is 9.47. The van der Waals surface area contributed by atoms with E-state index < -0.39 is 29.1 Å². The molecule has 1 aliphatic heterocycles. The molecule has 6 nitrogen and oxygen atoms in total. The van der Waals surface area contributed by atoms with Gasteiger partial charge in [-0.05, 0) is 50.4 Å². The van der Waals surface area contributed by atoms with Crippen molar-refractivity contribution < 1.29 is 24.2 Å². The van der Waals surface area contributed by atoms with E-state index in [1.165, 1.54) is 12.0 Å². The van der Waals surface area contributed by atoms with E-state index >= 15 is 0 Å². The van der Waals surface area contributed by atoms with Crippen LogP contribution in [0.2, 0.25) is 0 Å². The molecule has 1 saturated carbocycles. The summed E-state index contributed by atoms with van der Waals surface area (Å²) in [5.74, 6) is -0.818. The SMILES string of the molecule is C/C=C/[C@H]1C(C)=C[C@@]2(C)C[C@H](C)CC[C@H]2[C@]1(C)/C(O)=C1\C(=O)C(CCC(=O)OC)N(C)C1=O. The monoisotopic (exact) mass is 457 g/mol. The van der Waals surface area contributed by atoms with Gasteiger partial charge in [0.05, 0.1) is 13.2 Å². The average Bonchev–Trinajstić information content (AvgIpc) is 2.96.